The van der Waals surface area contributed by atoms with Crippen LogP contribution in [-0.4, -0.2) is 36.3 Å². The summed E-state index contributed by atoms with van der Waals surface area (Å²) in [6.45, 7) is 4.98. The highest BCUT2D eigenvalue weighted by Gasteiger charge is 2.31. The van der Waals surface area contributed by atoms with Crippen molar-refractivity contribution in [3.63, 3.8) is 0 Å². The lowest BCUT2D eigenvalue weighted by Gasteiger charge is -2.23. The highest BCUT2D eigenvalue weighted by atomic mass is 32.1. The Hall–Kier alpha value is -2.62. The van der Waals surface area contributed by atoms with Crippen LogP contribution in [-0.2, 0) is 4.79 Å². The standard InChI is InChI=1S/C24H27N3O2S/c1-18-23-19(17-30-18)24(29)25-20-11-6-7-12-21(20)27(23)22(28)13-5-4-10-16-26-14-8-2-3-9-15-26/h6-7,11-12,17H,2-3,5,8-9,13-16H2,1H3,(H,25,29). The molecule has 1 N–H and O–H groups in total. The van der Waals surface area contributed by atoms with Crippen molar-refractivity contribution in [2.45, 2.75) is 45.4 Å². The predicted molar refractivity (Wildman–Crippen MR) is 123 cm³/mol. The molecule has 0 spiro atoms. The Morgan fingerprint density at radius 2 is 1.90 bits per heavy atom. The summed E-state index contributed by atoms with van der Waals surface area (Å²) in [7, 11) is 0. The molecule has 0 aliphatic carbocycles. The Labute approximate surface area is 182 Å². The second-order valence-corrected chi connectivity index (χ2v) is 8.88. The van der Waals surface area contributed by atoms with Crippen molar-refractivity contribution in [1.29, 1.82) is 0 Å². The number of carbonyl (C=O) groups is 2. The molecule has 0 unspecified atom stereocenters. The third kappa shape index (κ3) is 4.43. The van der Waals surface area contributed by atoms with Crippen LogP contribution in [0.15, 0.2) is 29.6 Å². The van der Waals surface area contributed by atoms with Crippen LogP contribution < -0.4 is 10.2 Å². The van der Waals surface area contributed by atoms with Gasteiger partial charge in [0.1, 0.15) is 0 Å². The number of hydrogen-bond donors (Lipinski definition) is 1. The van der Waals surface area contributed by atoms with Gasteiger partial charge in [-0.3, -0.25) is 19.4 Å². The maximum atomic E-state index is 13.3. The molecule has 4 rings (SSSR count). The van der Waals surface area contributed by atoms with Crippen LogP contribution in [0.3, 0.4) is 0 Å². The molecule has 1 aromatic heterocycles. The minimum Gasteiger partial charge on any atom is -0.320 e. The molecule has 1 fully saturated rings. The fourth-order valence-electron chi connectivity index (χ4n) is 4.06. The number of nitrogens with one attached hydrogen (secondary N) is 1. The quantitative estimate of drug-likeness (QED) is 0.714. The van der Waals surface area contributed by atoms with Crippen molar-refractivity contribution in [3.8, 4) is 11.8 Å². The van der Waals surface area contributed by atoms with Crippen molar-refractivity contribution in [2.24, 2.45) is 0 Å². The van der Waals surface area contributed by atoms with E-state index in [4.69, 9.17) is 0 Å². The van der Waals surface area contributed by atoms with Crippen molar-refractivity contribution in [1.82, 2.24) is 4.90 Å². The summed E-state index contributed by atoms with van der Waals surface area (Å²) < 4.78 is 0. The summed E-state index contributed by atoms with van der Waals surface area (Å²) in [5.41, 5.74) is 2.62. The average Bonchev–Trinajstić information content (AvgIpc) is 2.91. The second-order valence-electron chi connectivity index (χ2n) is 7.80. The fraction of sp³-hybridized carbons (Fsp3) is 0.417. The van der Waals surface area contributed by atoms with E-state index in [-0.39, 0.29) is 11.8 Å². The summed E-state index contributed by atoms with van der Waals surface area (Å²) in [6, 6.07) is 7.46. The van der Waals surface area contributed by atoms with Crippen LogP contribution in [0.2, 0.25) is 0 Å². The molecule has 2 amide bonds. The zero-order chi connectivity index (χ0) is 20.9. The molecule has 6 heteroatoms. The number of likely N-dealkylation sites (tertiary alicyclic amines) is 1. The number of benzene rings is 1. The lowest BCUT2D eigenvalue weighted by molar-refractivity contribution is -0.117. The highest BCUT2D eigenvalue weighted by Crippen LogP contribution is 2.42. The van der Waals surface area contributed by atoms with E-state index in [9.17, 15) is 9.59 Å². The number of anilines is 3. The summed E-state index contributed by atoms with van der Waals surface area (Å²) in [5, 5.41) is 4.76. The monoisotopic (exact) mass is 421 g/mol. The van der Waals surface area contributed by atoms with Gasteiger partial charge in [0.2, 0.25) is 5.91 Å². The molecule has 2 aliphatic rings. The molecule has 1 aromatic carbocycles. The first-order chi connectivity index (χ1) is 14.6. The first kappa shape index (κ1) is 20.6. The molecule has 30 heavy (non-hydrogen) atoms. The number of nitrogens with zero attached hydrogens (tertiary/aromatic N) is 2. The van der Waals surface area contributed by atoms with Gasteiger partial charge in [0.15, 0.2) is 0 Å². The molecule has 0 radical (unpaired) electrons. The van der Waals surface area contributed by atoms with Crippen molar-refractivity contribution in [2.75, 3.05) is 29.9 Å². The van der Waals surface area contributed by atoms with Gasteiger partial charge in [-0.25, -0.2) is 0 Å². The Morgan fingerprint density at radius 3 is 2.70 bits per heavy atom. The minimum atomic E-state index is -0.172. The van der Waals surface area contributed by atoms with Gasteiger partial charge in [0.25, 0.3) is 5.91 Å². The van der Waals surface area contributed by atoms with Crippen LogP contribution in [0, 0.1) is 18.8 Å². The van der Waals surface area contributed by atoms with Gasteiger partial charge in [-0.15, -0.1) is 17.3 Å². The second kappa shape index (κ2) is 9.46. The molecular formula is C24H27N3O2S. The van der Waals surface area contributed by atoms with Crippen LogP contribution in [0.4, 0.5) is 17.1 Å². The van der Waals surface area contributed by atoms with Gasteiger partial charge >= 0.3 is 0 Å². The van der Waals surface area contributed by atoms with Gasteiger partial charge in [-0.05, 0) is 45.0 Å². The molecule has 0 bridgehead atoms. The molecule has 1 saturated heterocycles. The number of fused-ring (bicyclic) bond motifs is 2. The van der Waals surface area contributed by atoms with Crippen molar-refractivity contribution < 1.29 is 9.59 Å². The molecule has 0 saturated carbocycles. The average molecular weight is 422 g/mol. The van der Waals surface area contributed by atoms with Crippen molar-refractivity contribution >= 4 is 40.2 Å². The van der Waals surface area contributed by atoms with E-state index >= 15 is 0 Å². The van der Waals surface area contributed by atoms with Gasteiger partial charge in [0.05, 0.1) is 29.2 Å². The van der Waals surface area contributed by atoms with E-state index in [2.05, 4.69) is 22.1 Å². The topological polar surface area (TPSA) is 52.7 Å². The Bertz CT molecular complexity index is 993. The van der Waals surface area contributed by atoms with E-state index in [0.29, 0.717) is 35.5 Å². The number of amides is 2. The van der Waals surface area contributed by atoms with E-state index < -0.39 is 0 Å². The normalized spacial score (nSPS) is 16.4. The maximum Gasteiger partial charge on any atom is 0.258 e. The maximum absolute atomic E-state index is 13.3. The number of carbonyl (C=O) groups excluding carboxylic acids is 2. The third-order valence-electron chi connectivity index (χ3n) is 5.64. The smallest absolute Gasteiger partial charge is 0.258 e. The summed E-state index contributed by atoms with van der Waals surface area (Å²) in [5.74, 6) is 6.22. The lowest BCUT2D eigenvalue weighted by atomic mass is 10.1. The van der Waals surface area contributed by atoms with Crippen LogP contribution in [0.25, 0.3) is 0 Å². The zero-order valence-corrected chi connectivity index (χ0v) is 18.2. The Balaban J connectivity index is 1.48. The molecule has 3 heterocycles. The first-order valence-corrected chi connectivity index (χ1v) is 11.5. The Morgan fingerprint density at radius 1 is 1.13 bits per heavy atom. The molecule has 2 aromatic rings. The Kier molecular flexibility index (Phi) is 6.51. The van der Waals surface area contributed by atoms with E-state index in [1.807, 2.05) is 36.6 Å². The van der Waals surface area contributed by atoms with Crippen LogP contribution >= 0.6 is 11.3 Å². The minimum absolute atomic E-state index is 0.0363. The summed E-state index contributed by atoms with van der Waals surface area (Å²) in [6.07, 6.45) is 5.98. The third-order valence-corrected chi connectivity index (χ3v) is 6.54. The molecule has 0 atom stereocenters. The van der Waals surface area contributed by atoms with E-state index in [0.717, 1.165) is 24.5 Å². The zero-order valence-electron chi connectivity index (χ0n) is 17.4. The predicted octanol–water partition coefficient (Wildman–Crippen LogP) is 4.95. The molecule has 156 valence electrons. The highest BCUT2D eigenvalue weighted by molar-refractivity contribution is 7.11. The number of hydrogen-bond acceptors (Lipinski definition) is 4. The van der Waals surface area contributed by atoms with Gasteiger partial charge in [-0.2, -0.15) is 0 Å². The number of aryl methyl sites for hydroxylation is 1. The fourth-order valence-corrected chi connectivity index (χ4v) is 4.89. The SMILES string of the molecule is Cc1scc2c1N(C(=O)CCC#CCN1CCCCCC1)c1ccccc1NC2=O. The van der Waals surface area contributed by atoms with Crippen LogP contribution in [0.1, 0.15) is 53.8 Å². The lowest BCUT2D eigenvalue weighted by Crippen LogP contribution is -2.26. The molecule has 5 nitrogen and oxygen atoms in total. The first-order valence-electron chi connectivity index (χ1n) is 10.6. The van der Waals surface area contributed by atoms with Crippen molar-refractivity contribution in [3.05, 3.63) is 40.1 Å². The summed E-state index contributed by atoms with van der Waals surface area (Å²) in [4.78, 5) is 31.0. The van der Waals surface area contributed by atoms with E-state index in [1.165, 1.54) is 37.0 Å². The van der Waals surface area contributed by atoms with Crippen LogP contribution in [0.5, 0.6) is 0 Å². The molecular weight excluding hydrogens is 394 g/mol. The summed E-state index contributed by atoms with van der Waals surface area (Å²) >= 11 is 1.49. The van der Waals surface area contributed by atoms with Gasteiger partial charge < -0.3 is 5.32 Å². The van der Waals surface area contributed by atoms with Gasteiger partial charge in [0, 0.05) is 23.1 Å². The number of para-hydroxylation sites is 2. The molecule has 2 aliphatic heterocycles. The number of thiophene rings is 1. The van der Waals surface area contributed by atoms with E-state index in [1.54, 1.807) is 4.90 Å². The largest absolute Gasteiger partial charge is 0.320 e. The number of rotatable bonds is 3. The van der Waals surface area contributed by atoms with Gasteiger partial charge in [-0.1, -0.05) is 30.9 Å².